The van der Waals surface area contributed by atoms with Crippen LogP contribution in [-0.4, -0.2) is 30.3 Å². The number of hydrogen-bond donors (Lipinski definition) is 2. The largest absolute Gasteiger partial charge is 0.379 e. The highest BCUT2D eigenvalue weighted by Gasteiger charge is 2.37. The molecule has 0 spiro atoms. The molecule has 2 saturated heterocycles. The number of fused-ring (bicyclic) bond motifs is 4. The number of benzene rings is 1. The molecule has 5 nitrogen and oxygen atoms in total. The first kappa shape index (κ1) is 13.2. The van der Waals surface area contributed by atoms with Gasteiger partial charge in [0.15, 0.2) is 0 Å². The van der Waals surface area contributed by atoms with Gasteiger partial charge in [-0.1, -0.05) is 6.07 Å². The van der Waals surface area contributed by atoms with Crippen molar-refractivity contribution in [3.05, 3.63) is 42.1 Å². The quantitative estimate of drug-likeness (QED) is 0.842. The van der Waals surface area contributed by atoms with E-state index in [1.165, 1.54) is 24.1 Å². The first-order chi connectivity index (χ1) is 11.4. The van der Waals surface area contributed by atoms with Crippen molar-refractivity contribution >= 4 is 22.9 Å². The number of aromatic nitrogens is 1. The van der Waals surface area contributed by atoms with E-state index in [1.54, 1.807) is 0 Å². The third-order valence-corrected chi connectivity index (χ3v) is 5.16. The fraction of sp³-hybridized carbons (Fsp3) is 0.389. The fourth-order valence-electron chi connectivity index (χ4n) is 4.01. The Bertz CT molecular complexity index is 742. The van der Waals surface area contributed by atoms with Gasteiger partial charge in [0.05, 0.1) is 36.7 Å². The highest BCUT2D eigenvalue weighted by Crippen LogP contribution is 2.38. The second kappa shape index (κ2) is 5.13. The Morgan fingerprint density at radius 1 is 1.13 bits per heavy atom. The molecule has 2 aromatic rings. The van der Waals surface area contributed by atoms with Crippen LogP contribution in [0.4, 0.5) is 22.9 Å². The average Bonchev–Trinajstić information content (AvgIpc) is 2.76. The summed E-state index contributed by atoms with van der Waals surface area (Å²) in [5, 5.41) is 7.00. The molecule has 2 N–H and O–H groups in total. The van der Waals surface area contributed by atoms with Gasteiger partial charge in [-0.05, 0) is 37.1 Å². The third kappa shape index (κ3) is 2.15. The van der Waals surface area contributed by atoms with Crippen LogP contribution in [0.1, 0.15) is 21.3 Å². The van der Waals surface area contributed by atoms with Gasteiger partial charge in [-0.25, -0.2) is 4.98 Å². The van der Waals surface area contributed by atoms with Gasteiger partial charge < -0.3 is 20.3 Å². The Balaban J connectivity index is 0.000000911. The summed E-state index contributed by atoms with van der Waals surface area (Å²) in [6.45, 7) is 2.51. The first-order valence-electron chi connectivity index (χ1n) is 8.33. The Morgan fingerprint density at radius 3 is 2.87 bits per heavy atom. The summed E-state index contributed by atoms with van der Waals surface area (Å²) in [4.78, 5) is 7.00. The van der Waals surface area contributed by atoms with Gasteiger partial charge in [-0.2, -0.15) is 0 Å². The van der Waals surface area contributed by atoms with Crippen LogP contribution in [0, 0.1) is 0 Å². The Morgan fingerprint density at radius 2 is 2.00 bits per heavy atom. The van der Waals surface area contributed by atoms with Crippen LogP contribution in [0.2, 0.25) is 0 Å². The highest BCUT2D eigenvalue weighted by atomic mass is 16.5. The molecule has 4 heterocycles. The number of nitrogens with one attached hydrogen (secondary N) is 2. The minimum Gasteiger partial charge on any atom is -0.379 e. The highest BCUT2D eigenvalue weighted by molar-refractivity contribution is 5.80. The monoisotopic (exact) mass is 312 g/mol. The Kier molecular flexibility index (Phi) is 2.94. The summed E-state index contributed by atoms with van der Waals surface area (Å²) in [6.07, 6.45) is 4.31. The van der Waals surface area contributed by atoms with Crippen molar-refractivity contribution in [2.75, 3.05) is 28.7 Å². The number of pyridine rings is 1. The number of nitrogens with zero attached hydrogens (tertiary/aromatic N) is 2. The maximum atomic E-state index is 5.71. The molecule has 1 aromatic heterocycles. The van der Waals surface area contributed by atoms with Crippen LogP contribution < -0.4 is 15.5 Å². The van der Waals surface area contributed by atoms with Crippen molar-refractivity contribution in [3.8, 4) is 0 Å². The Labute approximate surface area is 138 Å². The summed E-state index contributed by atoms with van der Waals surface area (Å²) in [5.41, 5.74) is 4.72. The van der Waals surface area contributed by atoms with Gasteiger partial charge in [0.2, 0.25) is 0 Å². The molecule has 0 radical (unpaired) electrons. The van der Waals surface area contributed by atoms with Crippen LogP contribution in [0.5, 0.6) is 0 Å². The molecule has 2 unspecified atom stereocenters. The third-order valence-electron chi connectivity index (χ3n) is 5.16. The van der Waals surface area contributed by atoms with E-state index in [4.69, 9.17) is 4.74 Å². The number of ether oxygens (including phenoxy) is 1. The van der Waals surface area contributed by atoms with Gasteiger partial charge in [0, 0.05) is 26.8 Å². The summed E-state index contributed by atoms with van der Waals surface area (Å²) < 4.78 is 5.71. The van der Waals surface area contributed by atoms with E-state index in [9.17, 15) is 0 Å². The lowest BCUT2D eigenvalue weighted by molar-refractivity contribution is 0.0906. The smallest absolute Gasteiger partial charge is 0.135 e. The standard InChI is InChI=1S/C18H20N4O.2H2/c1-2-12-9-20-17-8-13(5-6-16(17)21-18(12)19-7-1)22-14-3-4-15(22)11-23-10-14;;/h1-2,5-8,14-15,20H,3-4,9-11H2,(H,19,21);2*1H. The minimum absolute atomic E-state index is 0. The molecule has 3 aliphatic heterocycles. The van der Waals surface area contributed by atoms with E-state index < -0.39 is 0 Å². The van der Waals surface area contributed by atoms with E-state index in [2.05, 4.69) is 44.8 Å². The molecule has 0 saturated carbocycles. The summed E-state index contributed by atoms with van der Waals surface area (Å²) >= 11 is 0. The van der Waals surface area contributed by atoms with E-state index >= 15 is 0 Å². The molecular formula is C18H24N4O. The minimum atomic E-state index is 0. The zero-order chi connectivity index (χ0) is 15.2. The molecule has 0 aliphatic carbocycles. The van der Waals surface area contributed by atoms with Gasteiger partial charge in [0.1, 0.15) is 5.82 Å². The van der Waals surface area contributed by atoms with E-state index in [1.807, 2.05) is 12.3 Å². The van der Waals surface area contributed by atoms with Crippen LogP contribution in [0.3, 0.4) is 0 Å². The van der Waals surface area contributed by atoms with Crippen LogP contribution in [0.25, 0.3) is 0 Å². The maximum Gasteiger partial charge on any atom is 0.135 e. The lowest BCUT2D eigenvalue weighted by Gasteiger charge is -2.37. The molecule has 122 valence electrons. The molecular weight excluding hydrogens is 288 g/mol. The topological polar surface area (TPSA) is 49.4 Å². The van der Waals surface area contributed by atoms with Crippen LogP contribution in [0.15, 0.2) is 36.5 Å². The van der Waals surface area contributed by atoms with Gasteiger partial charge >= 0.3 is 0 Å². The molecule has 0 amide bonds. The normalized spacial score (nSPS) is 25.0. The summed E-state index contributed by atoms with van der Waals surface area (Å²) in [7, 11) is 0. The lowest BCUT2D eigenvalue weighted by atomic mass is 10.1. The van der Waals surface area contributed by atoms with E-state index in [0.717, 1.165) is 37.0 Å². The predicted molar refractivity (Wildman–Crippen MR) is 95.6 cm³/mol. The van der Waals surface area contributed by atoms with Crippen molar-refractivity contribution < 1.29 is 7.59 Å². The van der Waals surface area contributed by atoms with Crippen molar-refractivity contribution in [1.29, 1.82) is 0 Å². The number of morpholine rings is 1. The summed E-state index contributed by atoms with van der Waals surface area (Å²) in [5.74, 6) is 0.943. The molecule has 5 heteroatoms. The SMILES string of the molecule is [HH].[HH].c1cnc2c(c1)CNc1cc(N3C4CCC3COC4)ccc1N2. The molecule has 2 atom stereocenters. The van der Waals surface area contributed by atoms with Gasteiger partial charge in [-0.15, -0.1) is 0 Å². The molecule has 3 aliphatic rings. The van der Waals surface area contributed by atoms with Crippen LogP contribution in [-0.2, 0) is 11.3 Å². The second-order valence-corrected chi connectivity index (χ2v) is 6.55. The van der Waals surface area contributed by atoms with Crippen molar-refractivity contribution in [2.45, 2.75) is 31.5 Å². The van der Waals surface area contributed by atoms with Crippen molar-refractivity contribution in [2.24, 2.45) is 0 Å². The lowest BCUT2D eigenvalue weighted by Crippen LogP contribution is -2.45. The fourth-order valence-corrected chi connectivity index (χ4v) is 4.01. The molecule has 5 rings (SSSR count). The molecule has 2 bridgehead atoms. The van der Waals surface area contributed by atoms with Gasteiger partial charge in [0.25, 0.3) is 0 Å². The molecule has 23 heavy (non-hydrogen) atoms. The number of anilines is 4. The maximum absolute atomic E-state index is 5.71. The number of rotatable bonds is 1. The summed E-state index contributed by atoms with van der Waals surface area (Å²) in [6, 6.07) is 11.8. The van der Waals surface area contributed by atoms with Crippen molar-refractivity contribution in [3.63, 3.8) is 0 Å². The van der Waals surface area contributed by atoms with E-state index in [0.29, 0.717) is 12.1 Å². The predicted octanol–water partition coefficient (Wildman–Crippen LogP) is 3.61. The molecule has 1 aromatic carbocycles. The second-order valence-electron chi connectivity index (χ2n) is 6.55. The zero-order valence-corrected chi connectivity index (χ0v) is 13.0. The van der Waals surface area contributed by atoms with Crippen molar-refractivity contribution in [1.82, 2.24) is 4.98 Å². The Hall–Kier alpha value is -2.27. The van der Waals surface area contributed by atoms with E-state index in [-0.39, 0.29) is 2.85 Å². The number of hydrogen-bond acceptors (Lipinski definition) is 5. The molecule has 2 fully saturated rings. The zero-order valence-electron chi connectivity index (χ0n) is 13.0. The van der Waals surface area contributed by atoms with Crippen LogP contribution >= 0.6 is 0 Å². The average molecular weight is 312 g/mol. The van der Waals surface area contributed by atoms with Gasteiger partial charge in [-0.3, -0.25) is 0 Å². The first-order valence-corrected chi connectivity index (χ1v) is 8.33.